The molecule has 20 heavy (non-hydrogen) atoms. The van der Waals surface area contributed by atoms with Crippen molar-refractivity contribution in [2.45, 2.75) is 26.0 Å². The van der Waals surface area contributed by atoms with E-state index in [2.05, 4.69) is 0 Å². The molecular weight excluding hydrogens is 276 g/mol. The number of carbonyl (C=O) groups excluding carboxylic acids is 1. The molecule has 5 heteroatoms. The number of hydrogen-bond donors (Lipinski definition) is 1. The summed E-state index contributed by atoms with van der Waals surface area (Å²) < 4.78 is 5.75. The van der Waals surface area contributed by atoms with E-state index < -0.39 is 6.04 Å². The molecule has 0 aliphatic carbocycles. The lowest BCUT2D eigenvalue weighted by atomic mass is 10.0. The molecule has 2 N–H and O–H groups in total. The summed E-state index contributed by atoms with van der Waals surface area (Å²) in [5.41, 5.74) is 7.05. The highest BCUT2D eigenvalue weighted by molar-refractivity contribution is 5.85. The first-order chi connectivity index (χ1) is 9.09. The predicted octanol–water partition coefficient (Wildman–Crippen LogP) is 1.99. The van der Waals surface area contributed by atoms with Crippen LogP contribution in [0.3, 0.4) is 0 Å². The molecule has 2 atom stereocenters. The Morgan fingerprint density at radius 3 is 2.60 bits per heavy atom. The van der Waals surface area contributed by atoms with Gasteiger partial charge in [0.15, 0.2) is 0 Å². The zero-order valence-corrected chi connectivity index (χ0v) is 12.8. The van der Waals surface area contributed by atoms with Gasteiger partial charge in [0.1, 0.15) is 6.10 Å². The topological polar surface area (TPSA) is 55.6 Å². The molecule has 1 aromatic rings. The maximum atomic E-state index is 12.3. The molecule has 1 aliphatic heterocycles. The van der Waals surface area contributed by atoms with Crippen molar-refractivity contribution in [1.82, 2.24) is 4.90 Å². The van der Waals surface area contributed by atoms with Crippen LogP contribution in [-0.4, -0.2) is 36.5 Å². The van der Waals surface area contributed by atoms with Crippen LogP contribution in [-0.2, 0) is 9.53 Å². The van der Waals surface area contributed by atoms with Gasteiger partial charge in [0, 0.05) is 6.54 Å². The predicted molar refractivity (Wildman–Crippen MR) is 81.8 cm³/mol. The summed E-state index contributed by atoms with van der Waals surface area (Å²) in [4.78, 5) is 14.1. The van der Waals surface area contributed by atoms with Crippen molar-refractivity contribution >= 4 is 18.3 Å². The second-order valence-corrected chi connectivity index (χ2v) is 5.32. The molecule has 0 radical (unpaired) electrons. The number of hydrogen-bond acceptors (Lipinski definition) is 3. The van der Waals surface area contributed by atoms with E-state index in [1.54, 1.807) is 0 Å². The van der Waals surface area contributed by atoms with Gasteiger partial charge >= 0.3 is 0 Å². The first-order valence-electron chi connectivity index (χ1n) is 6.80. The monoisotopic (exact) mass is 298 g/mol. The Labute approximate surface area is 126 Å². The number of benzene rings is 1. The number of nitrogens with zero attached hydrogens (tertiary/aromatic N) is 1. The summed E-state index contributed by atoms with van der Waals surface area (Å²) in [5.74, 6) is 0.185. The third-order valence-corrected chi connectivity index (χ3v) is 3.55. The highest BCUT2D eigenvalue weighted by Crippen LogP contribution is 2.22. The summed E-state index contributed by atoms with van der Waals surface area (Å²) >= 11 is 0. The molecule has 1 amide bonds. The van der Waals surface area contributed by atoms with Crippen LogP contribution in [0, 0.1) is 5.92 Å². The largest absolute Gasteiger partial charge is 0.370 e. The summed E-state index contributed by atoms with van der Waals surface area (Å²) in [7, 11) is 0. The van der Waals surface area contributed by atoms with Crippen molar-refractivity contribution in [3.05, 3.63) is 35.9 Å². The minimum atomic E-state index is -0.422. The average Bonchev–Trinajstić information content (AvgIpc) is 2.46. The molecule has 1 aliphatic rings. The van der Waals surface area contributed by atoms with E-state index in [0.29, 0.717) is 19.7 Å². The van der Waals surface area contributed by atoms with Gasteiger partial charge in [-0.25, -0.2) is 0 Å². The molecule has 1 aromatic carbocycles. The molecule has 1 fully saturated rings. The highest BCUT2D eigenvalue weighted by Gasteiger charge is 2.29. The van der Waals surface area contributed by atoms with Crippen LogP contribution in [0.1, 0.15) is 25.5 Å². The second kappa shape index (κ2) is 7.62. The summed E-state index contributed by atoms with van der Waals surface area (Å²) in [6.45, 7) is 5.72. The van der Waals surface area contributed by atoms with Gasteiger partial charge in [-0.3, -0.25) is 4.79 Å². The van der Waals surface area contributed by atoms with Crippen LogP contribution in [0.5, 0.6) is 0 Å². The first kappa shape index (κ1) is 17.0. The van der Waals surface area contributed by atoms with Gasteiger partial charge in [-0.1, -0.05) is 44.2 Å². The van der Waals surface area contributed by atoms with E-state index in [1.165, 1.54) is 0 Å². The van der Waals surface area contributed by atoms with Crippen molar-refractivity contribution in [1.29, 1.82) is 0 Å². The summed E-state index contributed by atoms with van der Waals surface area (Å²) in [6.07, 6.45) is -0.0433. The molecule has 0 bridgehead atoms. The van der Waals surface area contributed by atoms with Crippen LogP contribution >= 0.6 is 12.4 Å². The third kappa shape index (κ3) is 3.95. The second-order valence-electron chi connectivity index (χ2n) is 5.32. The molecule has 2 unspecified atom stereocenters. The zero-order chi connectivity index (χ0) is 13.8. The lowest BCUT2D eigenvalue weighted by Crippen LogP contribution is -2.51. The zero-order valence-electron chi connectivity index (χ0n) is 12.0. The van der Waals surface area contributed by atoms with Gasteiger partial charge in [0.25, 0.3) is 0 Å². The van der Waals surface area contributed by atoms with Crippen LogP contribution in [0.4, 0.5) is 0 Å². The normalized spacial score (nSPS) is 20.4. The van der Waals surface area contributed by atoms with Crippen LogP contribution in [0.25, 0.3) is 0 Å². The number of ether oxygens (including phenoxy) is 1. The summed E-state index contributed by atoms with van der Waals surface area (Å²) in [6, 6.07) is 9.58. The average molecular weight is 299 g/mol. The van der Waals surface area contributed by atoms with Gasteiger partial charge in [0.2, 0.25) is 5.91 Å². The quantitative estimate of drug-likeness (QED) is 0.928. The van der Waals surface area contributed by atoms with Crippen molar-refractivity contribution in [2.75, 3.05) is 19.7 Å². The smallest absolute Gasteiger partial charge is 0.239 e. The molecule has 0 aromatic heterocycles. The van der Waals surface area contributed by atoms with Crippen LogP contribution in [0.15, 0.2) is 30.3 Å². The highest BCUT2D eigenvalue weighted by atomic mass is 35.5. The Morgan fingerprint density at radius 2 is 2.00 bits per heavy atom. The fraction of sp³-hybridized carbons (Fsp3) is 0.533. The molecule has 0 saturated carbocycles. The van der Waals surface area contributed by atoms with Gasteiger partial charge in [-0.05, 0) is 11.5 Å². The Balaban J connectivity index is 0.00000200. The molecular formula is C15H23ClN2O2. The lowest BCUT2D eigenvalue weighted by molar-refractivity contribution is -0.141. The standard InChI is InChI=1S/C15H22N2O2.ClH/c1-11(2)14(16)15(18)17-8-9-19-13(10-17)12-6-4-3-5-7-12;/h3-7,11,13-14H,8-10,16H2,1-2H3;1H. The van der Waals surface area contributed by atoms with E-state index >= 15 is 0 Å². The van der Waals surface area contributed by atoms with Gasteiger partial charge in [0.05, 0.1) is 19.2 Å². The maximum absolute atomic E-state index is 12.3. The van der Waals surface area contributed by atoms with E-state index in [1.807, 2.05) is 49.1 Å². The van der Waals surface area contributed by atoms with Gasteiger partial charge in [-0.2, -0.15) is 0 Å². The van der Waals surface area contributed by atoms with E-state index in [9.17, 15) is 4.79 Å². The molecule has 4 nitrogen and oxygen atoms in total. The third-order valence-electron chi connectivity index (χ3n) is 3.55. The van der Waals surface area contributed by atoms with E-state index in [0.717, 1.165) is 5.56 Å². The van der Waals surface area contributed by atoms with Gasteiger partial charge < -0.3 is 15.4 Å². The van der Waals surface area contributed by atoms with Crippen molar-refractivity contribution in [3.63, 3.8) is 0 Å². The summed E-state index contributed by atoms with van der Waals surface area (Å²) in [5, 5.41) is 0. The molecule has 0 spiro atoms. The molecule has 1 saturated heterocycles. The van der Waals surface area contributed by atoms with Crippen LogP contribution < -0.4 is 5.73 Å². The van der Waals surface area contributed by atoms with Gasteiger partial charge in [-0.15, -0.1) is 12.4 Å². The van der Waals surface area contributed by atoms with Crippen LogP contribution in [0.2, 0.25) is 0 Å². The maximum Gasteiger partial charge on any atom is 0.239 e. The lowest BCUT2D eigenvalue weighted by Gasteiger charge is -2.35. The number of halogens is 1. The fourth-order valence-corrected chi connectivity index (χ4v) is 2.21. The molecule has 112 valence electrons. The first-order valence-corrected chi connectivity index (χ1v) is 6.80. The van der Waals surface area contributed by atoms with Crippen molar-refractivity contribution in [3.8, 4) is 0 Å². The number of rotatable bonds is 3. The van der Waals surface area contributed by atoms with E-state index in [4.69, 9.17) is 10.5 Å². The molecule has 1 heterocycles. The Morgan fingerprint density at radius 1 is 1.35 bits per heavy atom. The van der Waals surface area contributed by atoms with Crippen molar-refractivity contribution < 1.29 is 9.53 Å². The number of morpholine rings is 1. The fourth-order valence-electron chi connectivity index (χ4n) is 2.21. The SMILES string of the molecule is CC(C)C(N)C(=O)N1CCOC(c2ccccc2)C1.Cl. The van der Waals surface area contributed by atoms with E-state index in [-0.39, 0.29) is 30.3 Å². The number of carbonyl (C=O) groups is 1. The minimum absolute atomic E-state index is 0. The minimum Gasteiger partial charge on any atom is -0.370 e. The Hall–Kier alpha value is -1.10. The Kier molecular flexibility index (Phi) is 6.46. The number of nitrogens with two attached hydrogens (primary N) is 1. The number of amides is 1. The van der Waals surface area contributed by atoms with Crippen molar-refractivity contribution in [2.24, 2.45) is 11.7 Å². The Bertz CT molecular complexity index is 425. The molecule has 2 rings (SSSR count).